The number of esters is 1. The first-order chi connectivity index (χ1) is 8.61. The lowest BCUT2D eigenvalue weighted by atomic mass is 9.78. The van der Waals surface area contributed by atoms with Gasteiger partial charge >= 0.3 is 5.97 Å². The minimum atomic E-state index is -0.314. The molecule has 0 aromatic carbocycles. The second-order valence-corrected chi connectivity index (χ2v) is 6.07. The Morgan fingerprint density at radius 1 is 1.50 bits per heavy atom. The molecule has 1 aromatic heterocycles. The van der Waals surface area contributed by atoms with Gasteiger partial charge in [0, 0.05) is 6.04 Å². The van der Waals surface area contributed by atoms with Gasteiger partial charge in [-0.3, -0.25) is 0 Å². The van der Waals surface area contributed by atoms with Crippen LogP contribution in [-0.4, -0.2) is 24.1 Å². The molecule has 1 aromatic rings. The average molecular weight is 268 g/mol. The molecule has 0 spiro atoms. The van der Waals surface area contributed by atoms with E-state index in [9.17, 15) is 4.79 Å². The molecule has 0 saturated heterocycles. The van der Waals surface area contributed by atoms with E-state index in [0.717, 1.165) is 11.0 Å². The highest BCUT2D eigenvalue weighted by molar-refractivity contribution is 7.17. The molecule has 1 saturated carbocycles. The van der Waals surface area contributed by atoms with E-state index in [2.05, 4.69) is 28.9 Å². The van der Waals surface area contributed by atoms with Crippen molar-refractivity contribution >= 4 is 22.4 Å². The highest BCUT2D eigenvalue weighted by atomic mass is 32.1. The van der Waals surface area contributed by atoms with E-state index in [0.29, 0.717) is 16.8 Å². The zero-order valence-electron chi connectivity index (χ0n) is 11.1. The molecule has 0 bridgehead atoms. The lowest BCUT2D eigenvalue weighted by Gasteiger charge is -2.34. The zero-order valence-corrected chi connectivity index (χ0v) is 11.9. The van der Waals surface area contributed by atoms with Crippen LogP contribution in [0.15, 0.2) is 6.20 Å². The normalized spacial score (nSPS) is 27.8. The molecule has 100 valence electrons. The molecular formula is C13H20N2O2S. The maximum atomic E-state index is 11.4. The molecule has 5 heteroatoms. The van der Waals surface area contributed by atoms with E-state index in [1.54, 1.807) is 6.20 Å². The van der Waals surface area contributed by atoms with Gasteiger partial charge in [-0.25, -0.2) is 9.78 Å². The second kappa shape index (κ2) is 5.69. The lowest BCUT2D eigenvalue weighted by Crippen LogP contribution is -2.34. The fourth-order valence-electron chi connectivity index (χ4n) is 2.48. The van der Waals surface area contributed by atoms with Gasteiger partial charge in [-0.15, -0.1) is 0 Å². The monoisotopic (exact) mass is 268 g/mol. The van der Waals surface area contributed by atoms with E-state index in [-0.39, 0.29) is 5.97 Å². The summed E-state index contributed by atoms with van der Waals surface area (Å²) < 4.78 is 4.68. The molecule has 1 N–H and O–H groups in total. The van der Waals surface area contributed by atoms with Gasteiger partial charge in [-0.05, 0) is 18.3 Å². The maximum Gasteiger partial charge on any atom is 0.349 e. The Labute approximate surface area is 112 Å². The number of nitrogens with one attached hydrogen (secondary N) is 1. The Morgan fingerprint density at radius 3 is 3.00 bits per heavy atom. The second-order valence-electron chi connectivity index (χ2n) is 5.04. The summed E-state index contributed by atoms with van der Waals surface area (Å²) in [5, 5.41) is 4.28. The molecular weight excluding hydrogens is 248 g/mol. The summed E-state index contributed by atoms with van der Waals surface area (Å²) in [5.41, 5.74) is 0. The zero-order chi connectivity index (χ0) is 13.1. The smallest absolute Gasteiger partial charge is 0.349 e. The summed E-state index contributed by atoms with van der Waals surface area (Å²) in [6, 6.07) is 0.463. The molecule has 1 aliphatic rings. The third kappa shape index (κ3) is 2.83. The highest BCUT2D eigenvalue weighted by Crippen LogP contribution is 2.32. The van der Waals surface area contributed by atoms with Crippen molar-refractivity contribution in [2.24, 2.45) is 11.8 Å². The van der Waals surface area contributed by atoms with Crippen LogP contribution in [-0.2, 0) is 4.74 Å². The van der Waals surface area contributed by atoms with Gasteiger partial charge in [0.2, 0.25) is 0 Å². The first kappa shape index (κ1) is 13.3. The molecule has 3 atom stereocenters. The Kier molecular flexibility index (Phi) is 4.22. The van der Waals surface area contributed by atoms with E-state index in [4.69, 9.17) is 0 Å². The topological polar surface area (TPSA) is 51.2 Å². The molecule has 2 rings (SSSR count). The van der Waals surface area contributed by atoms with Crippen LogP contribution in [0.1, 0.15) is 42.8 Å². The molecule has 1 fully saturated rings. The third-order valence-electron chi connectivity index (χ3n) is 3.91. The number of aromatic nitrogens is 1. The van der Waals surface area contributed by atoms with Gasteiger partial charge in [-0.1, -0.05) is 38.0 Å². The van der Waals surface area contributed by atoms with Crippen molar-refractivity contribution in [2.45, 2.75) is 39.2 Å². The number of ether oxygens (including phenoxy) is 1. The first-order valence-corrected chi connectivity index (χ1v) is 7.24. The van der Waals surface area contributed by atoms with Crippen LogP contribution in [0.2, 0.25) is 0 Å². The number of anilines is 1. The summed E-state index contributed by atoms with van der Waals surface area (Å²) in [7, 11) is 1.39. The van der Waals surface area contributed by atoms with Crippen LogP contribution in [0.5, 0.6) is 0 Å². The summed E-state index contributed by atoms with van der Waals surface area (Å²) >= 11 is 1.37. The minimum absolute atomic E-state index is 0.314. The molecule has 1 aliphatic carbocycles. The average Bonchev–Trinajstić information content (AvgIpc) is 2.82. The molecule has 18 heavy (non-hydrogen) atoms. The van der Waals surface area contributed by atoms with Crippen LogP contribution in [0.4, 0.5) is 5.13 Å². The van der Waals surface area contributed by atoms with Gasteiger partial charge in [0.1, 0.15) is 4.88 Å². The predicted molar refractivity (Wildman–Crippen MR) is 73.0 cm³/mol. The molecule has 0 radical (unpaired) electrons. The Morgan fingerprint density at radius 2 is 2.28 bits per heavy atom. The van der Waals surface area contributed by atoms with Crippen LogP contribution < -0.4 is 5.32 Å². The largest absolute Gasteiger partial charge is 0.465 e. The Balaban J connectivity index is 2.00. The summed E-state index contributed by atoms with van der Waals surface area (Å²) in [6.07, 6.45) is 5.33. The van der Waals surface area contributed by atoms with Gasteiger partial charge in [-0.2, -0.15) is 0 Å². The highest BCUT2D eigenvalue weighted by Gasteiger charge is 2.27. The maximum absolute atomic E-state index is 11.4. The predicted octanol–water partition coefficient (Wildman–Crippen LogP) is 3.17. The van der Waals surface area contributed by atoms with Crippen LogP contribution >= 0.6 is 11.3 Å². The van der Waals surface area contributed by atoms with Crippen LogP contribution in [0, 0.1) is 11.8 Å². The van der Waals surface area contributed by atoms with Crippen molar-refractivity contribution in [1.29, 1.82) is 0 Å². The van der Waals surface area contributed by atoms with Crippen molar-refractivity contribution in [3.05, 3.63) is 11.1 Å². The standard InChI is InChI=1S/C13H20N2O2S/c1-8-5-4-6-10(9(8)2)15-13-14-7-11(18-13)12(16)17-3/h7-10H,4-6H2,1-3H3,(H,14,15). The van der Waals surface area contributed by atoms with Crippen LogP contribution in [0.25, 0.3) is 0 Å². The molecule has 0 aliphatic heterocycles. The summed E-state index contributed by atoms with van der Waals surface area (Å²) in [6.45, 7) is 4.59. The van der Waals surface area contributed by atoms with Gasteiger partial charge in [0.15, 0.2) is 5.13 Å². The Bertz CT molecular complexity index is 419. The quantitative estimate of drug-likeness (QED) is 0.855. The van der Waals surface area contributed by atoms with Gasteiger partial charge < -0.3 is 10.1 Å². The van der Waals surface area contributed by atoms with E-state index >= 15 is 0 Å². The molecule has 0 amide bonds. The van der Waals surface area contributed by atoms with Gasteiger partial charge in [0.25, 0.3) is 0 Å². The number of hydrogen-bond donors (Lipinski definition) is 1. The van der Waals surface area contributed by atoms with Crippen molar-refractivity contribution in [3.8, 4) is 0 Å². The van der Waals surface area contributed by atoms with Crippen molar-refractivity contribution in [3.63, 3.8) is 0 Å². The minimum Gasteiger partial charge on any atom is -0.465 e. The summed E-state index contributed by atoms with van der Waals surface area (Å²) in [4.78, 5) is 16.2. The number of hydrogen-bond acceptors (Lipinski definition) is 5. The van der Waals surface area contributed by atoms with E-state index in [1.807, 2.05) is 0 Å². The van der Waals surface area contributed by atoms with Crippen molar-refractivity contribution in [2.75, 3.05) is 12.4 Å². The van der Waals surface area contributed by atoms with Crippen molar-refractivity contribution in [1.82, 2.24) is 4.98 Å². The summed E-state index contributed by atoms with van der Waals surface area (Å²) in [5.74, 6) is 1.08. The molecule has 3 unspecified atom stereocenters. The van der Waals surface area contributed by atoms with Crippen molar-refractivity contribution < 1.29 is 9.53 Å². The number of methoxy groups -OCH3 is 1. The number of nitrogens with zero attached hydrogens (tertiary/aromatic N) is 1. The third-order valence-corrected chi connectivity index (χ3v) is 4.82. The SMILES string of the molecule is COC(=O)c1cnc(NC2CCCC(C)C2C)s1. The number of thiazole rings is 1. The number of carbonyl (C=O) groups excluding carboxylic acids is 1. The molecule has 1 heterocycles. The lowest BCUT2D eigenvalue weighted by molar-refractivity contribution is 0.0606. The van der Waals surface area contributed by atoms with E-state index in [1.165, 1.54) is 37.7 Å². The molecule has 4 nitrogen and oxygen atoms in total. The number of rotatable bonds is 3. The Hall–Kier alpha value is -1.10. The fraction of sp³-hybridized carbons (Fsp3) is 0.692. The van der Waals surface area contributed by atoms with Crippen LogP contribution in [0.3, 0.4) is 0 Å². The van der Waals surface area contributed by atoms with E-state index < -0.39 is 0 Å². The first-order valence-electron chi connectivity index (χ1n) is 6.42. The van der Waals surface area contributed by atoms with Gasteiger partial charge in [0.05, 0.1) is 13.3 Å². The fourth-order valence-corrected chi connectivity index (χ4v) is 3.28. The number of carbonyl (C=O) groups is 1.